The molecule has 1 N–H and O–H groups in total. The molecule has 3 aliphatic rings. The predicted octanol–water partition coefficient (Wildman–Crippen LogP) is 3.94. The number of carbonyl (C=O) groups is 1. The van der Waals surface area contributed by atoms with Gasteiger partial charge in [0, 0.05) is 25.2 Å². The monoisotopic (exact) mass is 463 g/mol. The van der Waals surface area contributed by atoms with Crippen molar-refractivity contribution in [3.8, 4) is 6.07 Å². The number of thioether (sulfide) groups is 1. The first-order valence-electron chi connectivity index (χ1n) is 11.6. The lowest BCUT2D eigenvalue weighted by atomic mass is 9.63. The molecule has 1 aromatic heterocycles. The van der Waals surface area contributed by atoms with E-state index in [0.29, 0.717) is 19.6 Å². The molecule has 8 heteroatoms. The molecule has 1 fully saturated rings. The second kappa shape index (κ2) is 8.86. The summed E-state index contributed by atoms with van der Waals surface area (Å²) in [7, 11) is 0. The number of aryl methyl sites for hydroxylation is 1. The van der Waals surface area contributed by atoms with Gasteiger partial charge in [-0.2, -0.15) is 5.26 Å². The van der Waals surface area contributed by atoms with E-state index >= 15 is 0 Å². The van der Waals surface area contributed by atoms with E-state index in [2.05, 4.69) is 35.2 Å². The number of anilines is 1. The number of carboxylic acid groups (broad SMARTS) is 1. The Balaban J connectivity index is 1.45. The standard InChI is InChI=1S/C25H29N5O2S/c1-33-23-27-21-15-25(9-6-17-4-2-3-5-18(17)14-25)10-7-20(21)22(28-23)29-12-13-30(24(31)32)19(16-29)8-11-26/h2-5,19H,6-10,12-16H2,1H3,(H,31,32)/t19-,25+/m0/s1. The lowest BCUT2D eigenvalue weighted by Crippen LogP contribution is -2.55. The maximum absolute atomic E-state index is 11.6. The van der Waals surface area contributed by atoms with E-state index in [0.717, 1.165) is 48.8 Å². The summed E-state index contributed by atoms with van der Waals surface area (Å²) < 4.78 is 0. The van der Waals surface area contributed by atoms with Gasteiger partial charge < -0.3 is 14.9 Å². The van der Waals surface area contributed by atoms with Gasteiger partial charge in [0.15, 0.2) is 5.16 Å². The molecule has 1 amide bonds. The van der Waals surface area contributed by atoms with Gasteiger partial charge in [0.25, 0.3) is 0 Å². The van der Waals surface area contributed by atoms with Crippen LogP contribution in [-0.2, 0) is 25.7 Å². The van der Waals surface area contributed by atoms with Gasteiger partial charge in [-0.25, -0.2) is 14.8 Å². The quantitative estimate of drug-likeness (QED) is 0.544. The van der Waals surface area contributed by atoms with Crippen LogP contribution in [0.1, 0.15) is 41.6 Å². The molecule has 2 aliphatic carbocycles. The van der Waals surface area contributed by atoms with Crippen molar-refractivity contribution in [2.75, 3.05) is 30.8 Å². The molecular weight excluding hydrogens is 434 g/mol. The Hall–Kier alpha value is -2.79. The van der Waals surface area contributed by atoms with Crippen molar-refractivity contribution in [3.63, 3.8) is 0 Å². The van der Waals surface area contributed by atoms with Gasteiger partial charge in [-0.15, -0.1) is 0 Å². The fourth-order valence-electron chi connectivity index (χ4n) is 5.89. The number of amides is 1. The summed E-state index contributed by atoms with van der Waals surface area (Å²) in [4.78, 5) is 25.1. The molecule has 1 spiro atoms. The summed E-state index contributed by atoms with van der Waals surface area (Å²) >= 11 is 1.55. The molecule has 33 heavy (non-hydrogen) atoms. The lowest BCUT2D eigenvalue weighted by Gasteiger charge is -2.44. The van der Waals surface area contributed by atoms with E-state index in [1.807, 2.05) is 6.26 Å². The van der Waals surface area contributed by atoms with Crippen LogP contribution in [0.3, 0.4) is 0 Å². The molecule has 172 valence electrons. The normalized spacial score (nSPS) is 24.2. The van der Waals surface area contributed by atoms with Gasteiger partial charge in [0.2, 0.25) is 0 Å². The molecule has 2 aromatic rings. The van der Waals surface area contributed by atoms with Crippen LogP contribution in [0.5, 0.6) is 0 Å². The number of piperazine rings is 1. The number of hydrogen-bond acceptors (Lipinski definition) is 6. The minimum absolute atomic E-state index is 0.188. The lowest BCUT2D eigenvalue weighted by molar-refractivity contribution is 0.119. The summed E-state index contributed by atoms with van der Waals surface area (Å²) in [5.41, 5.74) is 5.61. The van der Waals surface area contributed by atoms with Crippen molar-refractivity contribution in [2.45, 2.75) is 56.1 Å². The van der Waals surface area contributed by atoms with E-state index in [1.165, 1.54) is 28.0 Å². The van der Waals surface area contributed by atoms with E-state index in [-0.39, 0.29) is 17.9 Å². The number of nitrogens with zero attached hydrogens (tertiary/aromatic N) is 5. The zero-order valence-corrected chi connectivity index (χ0v) is 19.8. The van der Waals surface area contributed by atoms with Gasteiger partial charge in [-0.3, -0.25) is 0 Å². The molecule has 0 saturated carbocycles. The number of nitriles is 1. The molecule has 1 aromatic carbocycles. The number of hydrogen-bond donors (Lipinski definition) is 1. The molecule has 1 aliphatic heterocycles. The van der Waals surface area contributed by atoms with Crippen LogP contribution in [0, 0.1) is 16.7 Å². The fraction of sp³-hybridized carbons (Fsp3) is 0.520. The highest BCUT2D eigenvalue weighted by Gasteiger charge is 2.40. The maximum atomic E-state index is 11.6. The summed E-state index contributed by atoms with van der Waals surface area (Å²) in [5, 5.41) is 19.6. The molecule has 7 nitrogen and oxygen atoms in total. The minimum Gasteiger partial charge on any atom is -0.465 e. The third kappa shape index (κ3) is 4.15. The number of aromatic nitrogens is 2. The SMILES string of the molecule is CSc1nc2c(c(N3CCN(C(=O)O)[C@@H](CC#N)C3)n1)CC[C@@]1(CCc3ccccc3C1)C2. The summed E-state index contributed by atoms with van der Waals surface area (Å²) in [5.74, 6) is 0.948. The smallest absolute Gasteiger partial charge is 0.407 e. The van der Waals surface area contributed by atoms with Crippen LogP contribution in [0.15, 0.2) is 29.4 Å². The van der Waals surface area contributed by atoms with Crippen LogP contribution < -0.4 is 4.90 Å². The highest BCUT2D eigenvalue weighted by atomic mass is 32.2. The van der Waals surface area contributed by atoms with E-state index in [1.54, 1.807) is 11.8 Å². The third-order valence-corrected chi connectivity index (χ3v) is 8.19. The summed E-state index contributed by atoms with van der Waals surface area (Å²) in [6.45, 7) is 1.47. The first-order chi connectivity index (χ1) is 16.0. The Labute approximate surface area is 198 Å². The van der Waals surface area contributed by atoms with Gasteiger partial charge in [0.05, 0.1) is 24.2 Å². The van der Waals surface area contributed by atoms with E-state index in [4.69, 9.17) is 9.97 Å². The largest absolute Gasteiger partial charge is 0.465 e. The van der Waals surface area contributed by atoms with Gasteiger partial charge >= 0.3 is 6.09 Å². The first-order valence-corrected chi connectivity index (χ1v) is 12.9. The Bertz CT molecular complexity index is 1120. The summed E-state index contributed by atoms with van der Waals surface area (Å²) in [6, 6.07) is 10.6. The zero-order chi connectivity index (χ0) is 23.0. The topological polar surface area (TPSA) is 93.4 Å². The van der Waals surface area contributed by atoms with Gasteiger partial charge in [0.1, 0.15) is 5.82 Å². The Morgan fingerprint density at radius 3 is 2.76 bits per heavy atom. The van der Waals surface area contributed by atoms with Crippen molar-refractivity contribution < 1.29 is 9.90 Å². The molecule has 2 atom stereocenters. The van der Waals surface area contributed by atoms with Gasteiger partial charge in [-0.05, 0) is 61.3 Å². The molecule has 2 heterocycles. The first kappa shape index (κ1) is 22.0. The molecular formula is C25H29N5O2S. The van der Waals surface area contributed by atoms with Crippen LogP contribution in [-0.4, -0.2) is 58.0 Å². The van der Waals surface area contributed by atoms with Crippen molar-refractivity contribution in [1.29, 1.82) is 5.26 Å². The average molecular weight is 464 g/mol. The van der Waals surface area contributed by atoms with Crippen molar-refractivity contribution in [1.82, 2.24) is 14.9 Å². The van der Waals surface area contributed by atoms with Crippen molar-refractivity contribution in [2.24, 2.45) is 5.41 Å². The second-order valence-electron chi connectivity index (χ2n) is 9.52. The molecule has 5 rings (SSSR count). The average Bonchev–Trinajstić information content (AvgIpc) is 2.83. The number of benzene rings is 1. The zero-order valence-electron chi connectivity index (χ0n) is 19.0. The predicted molar refractivity (Wildman–Crippen MR) is 128 cm³/mol. The Morgan fingerprint density at radius 1 is 1.21 bits per heavy atom. The Kier molecular flexibility index (Phi) is 5.92. The van der Waals surface area contributed by atoms with E-state index in [9.17, 15) is 15.2 Å². The summed E-state index contributed by atoms with van der Waals surface area (Å²) in [6.07, 6.45) is 7.71. The van der Waals surface area contributed by atoms with Crippen LogP contribution >= 0.6 is 11.8 Å². The number of rotatable bonds is 3. The fourth-order valence-corrected chi connectivity index (χ4v) is 6.27. The Morgan fingerprint density at radius 2 is 2.00 bits per heavy atom. The second-order valence-corrected chi connectivity index (χ2v) is 10.3. The third-order valence-electron chi connectivity index (χ3n) is 7.64. The van der Waals surface area contributed by atoms with Crippen LogP contribution in [0.4, 0.5) is 10.6 Å². The number of fused-ring (bicyclic) bond motifs is 2. The highest BCUT2D eigenvalue weighted by Crippen LogP contribution is 2.46. The molecule has 0 bridgehead atoms. The van der Waals surface area contributed by atoms with E-state index < -0.39 is 6.09 Å². The maximum Gasteiger partial charge on any atom is 0.407 e. The van der Waals surface area contributed by atoms with Crippen LogP contribution in [0.25, 0.3) is 0 Å². The van der Waals surface area contributed by atoms with Crippen LogP contribution in [0.2, 0.25) is 0 Å². The molecule has 1 saturated heterocycles. The molecule has 0 unspecified atom stereocenters. The van der Waals surface area contributed by atoms with Gasteiger partial charge in [-0.1, -0.05) is 36.0 Å². The highest BCUT2D eigenvalue weighted by molar-refractivity contribution is 7.98. The minimum atomic E-state index is -0.955. The van der Waals surface area contributed by atoms with Crippen molar-refractivity contribution in [3.05, 3.63) is 46.6 Å². The van der Waals surface area contributed by atoms with Crippen molar-refractivity contribution >= 4 is 23.7 Å². The molecule has 0 radical (unpaired) electrons.